The van der Waals surface area contributed by atoms with Gasteiger partial charge in [0.15, 0.2) is 0 Å². The van der Waals surface area contributed by atoms with Gasteiger partial charge in [0.05, 0.1) is 0 Å². The Bertz CT molecular complexity index is 508. The van der Waals surface area contributed by atoms with Gasteiger partial charge in [-0.15, -0.1) is 0 Å². The predicted octanol–water partition coefficient (Wildman–Crippen LogP) is 2.11. The molecule has 0 radical (unpaired) electrons. The highest BCUT2D eigenvalue weighted by Crippen LogP contribution is 2.11. The zero-order chi connectivity index (χ0) is 11.5. The molecule has 0 aliphatic rings. The lowest BCUT2D eigenvalue weighted by molar-refractivity contribution is 0.102. The molecule has 0 bridgehead atoms. The number of amides is 1. The van der Waals surface area contributed by atoms with E-state index in [9.17, 15) is 9.18 Å². The van der Waals surface area contributed by atoms with Crippen LogP contribution in [-0.4, -0.2) is 15.9 Å². The highest BCUT2D eigenvalue weighted by atomic mass is 19.1. The molecule has 82 valence electrons. The van der Waals surface area contributed by atoms with E-state index < -0.39 is 5.82 Å². The first-order valence-electron chi connectivity index (χ1n) is 4.73. The summed E-state index contributed by atoms with van der Waals surface area (Å²) in [6.07, 6.45) is 3.11. The fraction of sp³-hybridized carbons (Fsp3) is 0.0909. The molecule has 2 N–H and O–H groups in total. The number of hydrogen-bond acceptors (Lipinski definition) is 2. The number of aryl methyl sites for hydroxylation is 1. The lowest BCUT2D eigenvalue weighted by atomic mass is 10.1. The van der Waals surface area contributed by atoms with Crippen molar-refractivity contribution in [3.63, 3.8) is 0 Å². The number of nitrogens with one attached hydrogen (secondary N) is 2. The van der Waals surface area contributed by atoms with Crippen molar-refractivity contribution in [3.05, 3.63) is 47.5 Å². The average Bonchev–Trinajstić information content (AvgIpc) is 2.74. The summed E-state index contributed by atoms with van der Waals surface area (Å²) in [6.45, 7) is 1.75. The van der Waals surface area contributed by atoms with Crippen LogP contribution < -0.4 is 5.32 Å². The van der Waals surface area contributed by atoms with Gasteiger partial charge in [-0.2, -0.15) is 0 Å². The third-order valence-electron chi connectivity index (χ3n) is 2.17. The van der Waals surface area contributed by atoms with Crippen molar-refractivity contribution in [2.24, 2.45) is 0 Å². The second-order valence-electron chi connectivity index (χ2n) is 3.35. The van der Waals surface area contributed by atoms with E-state index in [0.29, 0.717) is 17.1 Å². The van der Waals surface area contributed by atoms with E-state index in [1.807, 2.05) is 0 Å². The molecule has 1 aromatic heterocycles. The van der Waals surface area contributed by atoms with Crippen LogP contribution in [0, 0.1) is 12.7 Å². The first-order valence-corrected chi connectivity index (χ1v) is 4.73. The van der Waals surface area contributed by atoms with Crippen LogP contribution in [0.2, 0.25) is 0 Å². The smallest absolute Gasteiger partial charge is 0.258 e. The molecule has 4 nitrogen and oxygen atoms in total. The van der Waals surface area contributed by atoms with Crippen molar-refractivity contribution in [3.8, 4) is 0 Å². The summed E-state index contributed by atoms with van der Waals surface area (Å²) in [5.41, 5.74) is 1.02. The summed E-state index contributed by atoms with van der Waals surface area (Å²) < 4.78 is 13.0. The number of aromatic nitrogens is 2. The predicted molar refractivity (Wildman–Crippen MR) is 57.7 cm³/mol. The third kappa shape index (κ3) is 2.08. The molecule has 2 rings (SSSR count). The first-order chi connectivity index (χ1) is 7.66. The molecule has 0 saturated heterocycles. The molecule has 1 aromatic carbocycles. The zero-order valence-electron chi connectivity index (χ0n) is 8.62. The number of carbonyl (C=O) groups is 1. The van der Waals surface area contributed by atoms with Crippen LogP contribution in [-0.2, 0) is 0 Å². The molecule has 0 aliphatic heterocycles. The largest absolute Gasteiger partial charge is 0.331 e. The number of imidazole rings is 1. The monoisotopic (exact) mass is 219 g/mol. The molecule has 0 unspecified atom stereocenters. The van der Waals surface area contributed by atoms with E-state index in [1.165, 1.54) is 18.3 Å². The number of benzene rings is 1. The van der Waals surface area contributed by atoms with Crippen molar-refractivity contribution in [2.75, 3.05) is 5.32 Å². The fourth-order valence-electron chi connectivity index (χ4n) is 1.35. The Morgan fingerprint density at radius 2 is 2.31 bits per heavy atom. The first kappa shape index (κ1) is 10.4. The second kappa shape index (κ2) is 4.14. The number of H-pyrrole nitrogens is 1. The van der Waals surface area contributed by atoms with Gasteiger partial charge in [0.1, 0.15) is 5.82 Å². The van der Waals surface area contributed by atoms with Crippen molar-refractivity contribution >= 4 is 11.9 Å². The summed E-state index contributed by atoms with van der Waals surface area (Å²) in [6, 6.07) is 4.08. The molecule has 16 heavy (non-hydrogen) atoms. The zero-order valence-corrected chi connectivity index (χ0v) is 8.62. The number of halogens is 1. The number of nitrogens with zero attached hydrogens (tertiary/aromatic N) is 1. The van der Waals surface area contributed by atoms with Gasteiger partial charge in [0, 0.05) is 18.0 Å². The highest BCUT2D eigenvalue weighted by Gasteiger charge is 2.10. The summed E-state index contributed by atoms with van der Waals surface area (Å²) >= 11 is 0. The van der Waals surface area contributed by atoms with E-state index in [1.54, 1.807) is 19.2 Å². The van der Waals surface area contributed by atoms with Crippen LogP contribution in [0.3, 0.4) is 0 Å². The Morgan fingerprint density at radius 3 is 3.00 bits per heavy atom. The third-order valence-corrected chi connectivity index (χ3v) is 2.17. The lowest BCUT2D eigenvalue weighted by Gasteiger charge is -2.05. The van der Waals surface area contributed by atoms with Gasteiger partial charge in [-0.3, -0.25) is 10.1 Å². The molecule has 5 heteroatoms. The summed E-state index contributed by atoms with van der Waals surface area (Å²) in [5.74, 6) is -0.476. The van der Waals surface area contributed by atoms with Crippen molar-refractivity contribution in [1.29, 1.82) is 0 Å². The molecule has 1 heterocycles. The topological polar surface area (TPSA) is 57.8 Å². The molecule has 0 saturated carbocycles. The van der Waals surface area contributed by atoms with Gasteiger partial charge in [0.25, 0.3) is 5.91 Å². The number of rotatable bonds is 2. The van der Waals surface area contributed by atoms with Crippen LogP contribution >= 0.6 is 0 Å². The second-order valence-corrected chi connectivity index (χ2v) is 3.35. The Hall–Kier alpha value is -2.17. The maximum absolute atomic E-state index is 13.0. The average molecular weight is 219 g/mol. The molecule has 0 aliphatic carbocycles. The Kier molecular flexibility index (Phi) is 2.68. The van der Waals surface area contributed by atoms with Crippen LogP contribution in [0.15, 0.2) is 30.6 Å². The van der Waals surface area contributed by atoms with Gasteiger partial charge >= 0.3 is 0 Å². The quantitative estimate of drug-likeness (QED) is 0.812. The van der Waals surface area contributed by atoms with Gasteiger partial charge in [-0.05, 0) is 24.6 Å². The van der Waals surface area contributed by atoms with E-state index in [4.69, 9.17) is 0 Å². The van der Waals surface area contributed by atoms with Crippen LogP contribution in [0.4, 0.5) is 10.3 Å². The molecule has 0 spiro atoms. The van der Waals surface area contributed by atoms with Crippen LogP contribution in [0.25, 0.3) is 0 Å². The van der Waals surface area contributed by atoms with E-state index in [-0.39, 0.29) is 5.91 Å². The van der Waals surface area contributed by atoms with Gasteiger partial charge in [0.2, 0.25) is 5.95 Å². The summed E-state index contributed by atoms with van der Waals surface area (Å²) in [4.78, 5) is 18.3. The minimum absolute atomic E-state index is 0.302. The van der Waals surface area contributed by atoms with Crippen LogP contribution in [0.1, 0.15) is 15.9 Å². The minimum atomic E-state index is -0.435. The molecule has 0 fully saturated rings. The maximum atomic E-state index is 13.0. The number of hydrogen-bond donors (Lipinski definition) is 2. The van der Waals surface area contributed by atoms with E-state index in [0.717, 1.165) is 0 Å². The van der Waals surface area contributed by atoms with E-state index in [2.05, 4.69) is 15.3 Å². The molecule has 2 aromatic rings. The lowest BCUT2D eigenvalue weighted by Crippen LogP contribution is -2.14. The Labute approximate surface area is 91.5 Å². The van der Waals surface area contributed by atoms with Crippen LogP contribution in [0.5, 0.6) is 0 Å². The number of anilines is 1. The molecule has 0 atom stereocenters. The van der Waals surface area contributed by atoms with Crippen molar-refractivity contribution in [1.82, 2.24) is 9.97 Å². The van der Waals surface area contributed by atoms with Gasteiger partial charge < -0.3 is 4.98 Å². The SMILES string of the molecule is Cc1ccc(F)cc1C(=O)Nc1ncc[nH]1. The Balaban J connectivity index is 2.24. The standard InChI is InChI=1S/C11H10FN3O/c1-7-2-3-8(12)6-9(7)10(16)15-11-13-4-5-14-11/h2-6H,1H3,(H2,13,14,15,16). The summed E-state index contributed by atoms with van der Waals surface area (Å²) in [5, 5.41) is 2.53. The molecular formula is C11H10FN3O. The molecule has 1 amide bonds. The summed E-state index contributed by atoms with van der Waals surface area (Å²) in [7, 11) is 0. The number of aromatic amines is 1. The van der Waals surface area contributed by atoms with E-state index >= 15 is 0 Å². The minimum Gasteiger partial charge on any atom is -0.331 e. The normalized spacial score (nSPS) is 10.1. The van der Waals surface area contributed by atoms with Crippen molar-refractivity contribution < 1.29 is 9.18 Å². The van der Waals surface area contributed by atoms with Crippen molar-refractivity contribution in [2.45, 2.75) is 6.92 Å². The fourth-order valence-corrected chi connectivity index (χ4v) is 1.35. The van der Waals surface area contributed by atoms with Gasteiger partial charge in [-0.25, -0.2) is 9.37 Å². The highest BCUT2D eigenvalue weighted by molar-refractivity contribution is 6.04. The molecular weight excluding hydrogens is 209 g/mol. The number of carbonyl (C=O) groups excluding carboxylic acids is 1. The van der Waals surface area contributed by atoms with Gasteiger partial charge in [-0.1, -0.05) is 6.07 Å². The maximum Gasteiger partial charge on any atom is 0.258 e. The Morgan fingerprint density at radius 1 is 1.50 bits per heavy atom.